The molecule has 2 fully saturated rings. The lowest BCUT2D eigenvalue weighted by atomic mass is 9.71. The zero-order chi connectivity index (χ0) is 11.7. The quantitative estimate of drug-likeness (QED) is 0.658. The molecule has 2 rings (SSSR count). The number of hydrogen-bond acceptors (Lipinski definition) is 2. The fourth-order valence-electron chi connectivity index (χ4n) is 3.38. The van der Waals surface area contributed by atoms with Gasteiger partial charge in [0.1, 0.15) is 0 Å². The van der Waals surface area contributed by atoms with E-state index in [0.717, 1.165) is 0 Å². The van der Waals surface area contributed by atoms with Gasteiger partial charge in [-0.05, 0) is 13.6 Å². The molecule has 2 aliphatic heterocycles. The average molecular weight is 212 g/mol. The van der Waals surface area contributed by atoms with E-state index in [2.05, 4.69) is 37.6 Å². The van der Waals surface area contributed by atoms with E-state index < -0.39 is 0 Å². The zero-order valence-electron chi connectivity index (χ0n) is 11.4. The molecule has 2 heteroatoms. The van der Waals surface area contributed by atoms with Crippen LogP contribution in [0.25, 0.3) is 0 Å². The van der Waals surface area contributed by atoms with E-state index >= 15 is 0 Å². The van der Waals surface area contributed by atoms with Gasteiger partial charge in [-0.25, -0.2) is 0 Å². The Kier molecular flexibility index (Phi) is 3.83. The molecule has 0 unspecified atom stereocenters. The van der Waals surface area contributed by atoms with Crippen LogP contribution in [0, 0.1) is 10.8 Å². The van der Waals surface area contributed by atoms with Gasteiger partial charge in [-0.2, -0.15) is 0 Å². The molecule has 0 spiro atoms. The van der Waals surface area contributed by atoms with Crippen molar-refractivity contribution in [1.29, 1.82) is 0 Å². The van der Waals surface area contributed by atoms with Crippen molar-refractivity contribution in [2.45, 2.75) is 34.6 Å². The van der Waals surface area contributed by atoms with Gasteiger partial charge in [0, 0.05) is 37.0 Å². The molecule has 0 N–H and O–H groups in total. The molecule has 0 radical (unpaired) electrons. The van der Waals surface area contributed by atoms with E-state index in [0.29, 0.717) is 10.8 Å². The van der Waals surface area contributed by atoms with Gasteiger partial charge in [0.2, 0.25) is 0 Å². The fourth-order valence-corrected chi connectivity index (χ4v) is 3.38. The molecule has 0 aromatic rings. The highest BCUT2D eigenvalue weighted by molar-refractivity contribution is 5.08. The fraction of sp³-hybridized carbons (Fsp3) is 1.00. The molecule has 2 saturated heterocycles. The summed E-state index contributed by atoms with van der Waals surface area (Å²) >= 11 is 0. The Morgan fingerprint density at radius 2 is 1.33 bits per heavy atom. The number of rotatable bonds is 1. The second kappa shape index (κ2) is 4.42. The summed E-state index contributed by atoms with van der Waals surface area (Å²) in [6.07, 6.45) is 0. The van der Waals surface area contributed by atoms with Crippen LogP contribution in [0.3, 0.4) is 0 Å². The van der Waals surface area contributed by atoms with Gasteiger partial charge in [0.25, 0.3) is 0 Å². The molecule has 90 valence electrons. The predicted octanol–water partition coefficient (Wildman–Crippen LogP) is 2.31. The van der Waals surface area contributed by atoms with Gasteiger partial charge in [0.15, 0.2) is 0 Å². The second-order valence-electron chi connectivity index (χ2n) is 5.60. The Morgan fingerprint density at radius 1 is 0.933 bits per heavy atom. The first-order chi connectivity index (χ1) is 6.99. The molecule has 2 nitrogen and oxygen atoms in total. The number of nitrogens with zero attached hydrogens (tertiary/aromatic N) is 2. The van der Waals surface area contributed by atoms with Crippen LogP contribution in [-0.4, -0.2) is 49.6 Å². The van der Waals surface area contributed by atoms with Crippen LogP contribution in [0.15, 0.2) is 0 Å². The third-order valence-corrected chi connectivity index (χ3v) is 4.29. The molecule has 0 aromatic heterocycles. The van der Waals surface area contributed by atoms with Gasteiger partial charge >= 0.3 is 0 Å². The van der Waals surface area contributed by atoms with Crippen LogP contribution >= 0.6 is 0 Å². The summed E-state index contributed by atoms with van der Waals surface area (Å²) in [6, 6.07) is 0. The van der Waals surface area contributed by atoms with E-state index in [9.17, 15) is 0 Å². The Morgan fingerprint density at radius 3 is 1.67 bits per heavy atom. The molecule has 0 aliphatic carbocycles. The summed E-state index contributed by atoms with van der Waals surface area (Å²) in [6.45, 7) is 17.6. The lowest BCUT2D eigenvalue weighted by Crippen LogP contribution is -2.34. The van der Waals surface area contributed by atoms with E-state index in [4.69, 9.17) is 0 Å². The molecule has 15 heavy (non-hydrogen) atoms. The molecule has 2 atom stereocenters. The summed E-state index contributed by atoms with van der Waals surface area (Å²) < 4.78 is 0. The van der Waals surface area contributed by atoms with Crippen molar-refractivity contribution in [2.75, 3.05) is 39.8 Å². The number of likely N-dealkylation sites (tertiary alicyclic amines) is 2. The van der Waals surface area contributed by atoms with Crippen LogP contribution in [0.1, 0.15) is 34.6 Å². The lowest BCUT2D eigenvalue weighted by Gasteiger charge is -2.31. The molecule has 0 saturated carbocycles. The smallest absolute Gasteiger partial charge is 0.00539 e. The Labute approximate surface area is 95.6 Å². The lowest BCUT2D eigenvalue weighted by molar-refractivity contribution is 0.212. The van der Waals surface area contributed by atoms with Gasteiger partial charge in [-0.1, -0.05) is 34.6 Å². The highest BCUT2D eigenvalue weighted by atomic mass is 15.3. The normalized spacial score (nSPS) is 41.2. The SMILES string of the molecule is CC.CCN1C[C@]2(C)CN(C)C[C@]2(C)C1. The summed E-state index contributed by atoms with van der Waals surface area (Å²) in [5, 5.41) is 0. The Balaban J connectivity index is 0.000000531. The monoisotopic (exact) mass is 212 g/mol. The molecule has 2 aliphatic rings. The first-order valence-electron chi connectivity index (χ1n) is 6.40. The highest BCUT2D eigenvalue weighted by Gasteiger charge is 2.56. The maximum Gasteiger partial charge on any atom is 0.00539 e. The Bertz CT molecular complexity index is 197. The first-order valence-corrected chi connectivity index (χ1v) is 6.40. The van der Waals surface area contributed by atoms with Crippen molar-refractivity contribution in [1.82, 2.24) is 9.80 Å². The molecular formula is C13H28N2. The molecule has 0 aromatic carbocycles. The standard InChI is InChI=1S/C11H22N2.C2H6/c1-5-13-8-10(2)6-12(4)7-11(10,3)9-13;1-2/h5-9H2,1-4H3;1-2H3/t10-,11+;. The van der Waals surface area contributed by atoms with Crippen molar-refractivity contribution < 1.29 is 0 Å². The highest BCUT2D eigenvalue weighted by Crippen LogP contribution is 2.50. The van der Waals surface area contributed by atoms with E-state index in [-0.39, 0.29) is 0 Å². The van der Waals surface area contributed by atoms with E-state index in [1.165, 1.54) is 32.7 Å². The van der Waals surface area contributed by atoms with Crippen molar-refractivity contribution >= 4 is 0 Å². The summed E-state index contributed by atoms with van der Waals surface area (Å²) in [5.74, 6) is 0. The maximum absolute atomic E-state index is 2.60. The molecular weight excluding hydrogens is 184 g/mol. The molecule has 2 heterocycles. The van der Waals surface area contributed by atoms with Crippen molar-refractivity contribution in [3.63, 3.8) is 0 Å². The van der Waals surface area contributed by atoms with Crippen molar-refractivity contribution in [3.05, 3.63) is 0 Å². The number of fused-ring (bicyclic) bond motifs is 1. The number of hydrogen-bond donors (Lipinski definition) is 0. The van der Waals surface area contributed by atoms with Gasteiger partial charge in [0.05, 0.1) is 0 Å². The van der Waals surface area contributed by atoms with Crippen LogP contribution in [-0.2, 0) is 0 Å². The van der Waals surface area contributed by atoms with Crippen LogP contribution < -0.4 is 0 Å². The van der Waals surface area contributed by atoms with E-state index in [1.807, 2.05) is 13.8 Å². The second-order valence-corrected chi connectivity index (χ2v) is 5.60. The Hall–Kier alpha value is -0.0800. The third-order valence-electron chi connectivity index (χ3n) is 4.29. The maximum atomic E-state index is 2.60. The van der Waals surface area contributed by atoms with Crippen molar-refractivity contribution in [3.8, 4) is 0 Å². The topological polar surface area (TPSA) is 6.48 Å². The summed E-state index contributed by atoms with van der Waals surface area (Å²) in [7, 11) is 2.26. The summed E-state index contributed by atoms with van der Waals surface area (Å²) in [5.41, 5.74) is 1.08. The zero-order valence-corrected chi connectivity index (χ0v) is 11.4. The van der Waals surface area contributed by atoms with Crippen LogP contribution in [0.4, 0.5) is 0 Å². The van der Waals surface area contributed by atoms with E-state index in [1.54, 1.807) is 0 Å². The van der Waals surface area contributed by atoms with Crippen LogP contribution in [0.5, 0.6) is 0 Å². The summed E-state index contributed by atoms with van der Waals surface area (Å²) in [4.78, 5) is 5.10. The van der Waals surface area contributed by atoms with Crippen molar-refractivity contribution in [2.24, 2.45) is 10.8 Å². The predicted molar refractivity (Wildman–Crippen MR) is 67.2 cm³/mol. The molecule has 0 bridgehead atoms. The third kappa shape index (κ3) is 2.07. The minimum Gasteiger partial charge on any atom is -0.305 e. The molecule has 0 amide bonds. The minimum absolute atomic E-state index is 0.539. The minimum atomic E-state index is 0.539. The van der Waals surface area contributed by atoms with Gasteiger partial charge in [-0.3, -0.25) is 0 Å². The van der Waals surface area contributed by atoms with Crippen LogP contribution in [0.2, 0.25) is 0 Å². The first kappa shape index (κ1) is 13.0. The largest absolute Gasteiger partial charge is 0.305 e. The average Bonchev–Trinajstić information content (AvgIpc) is 2.52. The van der Waals surface area contributed by atoms with Gasteiger partial charge < -0.3 is 9.80 Å². The van der Waals surface area contributed by atoms with Gasteiger partial charge in [-0.15, -0.1) is 0 Å².